The molecule has 1 aromatic carbocycles. The summed E-state index contributed by atoms with van der Waals surface area (Å²) in [4.78, 5) is 13.5. The molecular weight excluding hydrogens is 259 g/mol. The van der Waals surface area contributed by atoms with Crippen LogP contribution in [0.1, 0.15) is 5.56 Å². The van der Waals surface area contributed by atoms with Crippen molar-refractivity contribution in [2.45, 2.75) is 6.54 Å². The minimum absolute atomic E-state index is 0.114. The van der Waals surface area contributed by atoms with Crippen molar-refractivity contribution in [3.05, 3.63) is 33.8 Å². The van der Waals surface area contributed by atoms with Crippen LogP contribution in [0.3, 0.4) is 0 Å². The molecule has 1 fully saturated rings. The monoisotopic (exact) mass is 272 g/mol. The van der Waals surface area contributed by atoms with E-state index in [9.17, 15) is 4.79 Å². The van der Waals surface area contributed by atoms with Crippen molar-refractivity contribution >= 4 is 29.1 Å². The van der Waals surface area contributed by atoms with Gasteiger partial charge in [0.1, 0.15) is 0 Å². The normalized spacial score (nSPS) is 16.6. The first-order chi connectivity index (χ1) is 8.10. The Morgan fingerprint density at radius 2 is 2.18 bits per heavy atom. The predicted molar refractivity (Wildman–Crippen MR) is 69.3 cm³/mol. The van der Waals surface area contributed by atoms with Crippen LogP contribution >= 0.6 is 23.2 Å². The molecule has 92 valence electrons. The van der Waals surface area contributed by atoms with E-state index in [1.807, 2.05) is 12.1 Å². The lowest BCUT2D eigenvalue weighted by molar-refractivity contribution is -0.129. The number of hydrogen-bond donors (Lipinski definition) is 1. The van der Waals surface area contributed by atoms with Gasteiger partial charge < -0.3 is 5.32 Å². The first kappa shape index (κ1) is 12.7. The molecular formula is C12H14Cl2N2O. The molecule has 1 saturated heterocycles. The summed E-state index contributed by atoms with van der Waals surface area (Å²) >= 11 is 11.9. The topological polar surface area (TPSA) is 32.3 Å². The summed E-state index contributed by atoms with van der Waals surface area (Å²) in [6.07, 6.45) is 0. The molecule has 0 radical (unpaired) electrons. The zero-order chi connectivity index (χ0) is 12.4. The molecule has 0 saturated carbocycles. The number of nitrogens with zero attached hydrogens (tertiary/aromatic N) is 1. The van der Waals surface area contributed by atoms with Crippen LogP contribution in [0, 0.1) is 5.92 Å². The smallest absolute Gasteiger partial charge is 0.225 e. The molecule has 0 unspecified atom stereocenters. The summed E-state index contributed by atoms with van der Waals surface area (Å²) in [7, 11) is 1.67. The molecule has 5 heteroatoms. The standard InChI is InChI=1S/C12H14Cl2N2O/c1-15-12(17)9-6-16(7-9)5-8-2-3-10(13)4-11(8)14/h2-4,9H,5-7H2,1H3,(H,15,17). The minimum atomic E-state index is 0.114. The third kappa shape index (κ3) is 2.92. The largest absolute Gasteiger partial charge is 0.359 e. The SMILES string of the molecule is CNC(=O)C1CN(Cc2ccc(Cl)cc2Cl)C1. The van der Waals surface area contributed by atoms with Gasteiger partial charge in [0, 0.05) is 36.7 Å². The fraction of sp³-hybridized carbons (Fsp3) is 0.417. The summed E-state index contributed by atoms with van der Waals surface area (Å²) in [5.74, 6) is 0.231. The van der Waals surface area contributed by atoms with Crippen LogP contribution in [-0.4, -0.2) is 30.9 Å². The Labute approximate surface area is 111 Å². The first-order valence-electron chi connectivity index (χ1n) is 5.48. The summed E-state index contributed by atoms with van der Waals surface area (Å²) in [6.45, 7) is 2.35. The van der Waals surface area contributed by atoms with Crippen LogP contribution in [0.25, 0.3) is 0 Å². The Hall–Kier alpha value is -0.770. The molecule has 1 aromatic rings. The zero-order valence-corrected chi connectivity index (χ0v) is 11.1. The van der Waals surface area contributed by atoms with Gasteiger partial charge >= 0.3 is 0 Å². The van der Waals surface area contributed by atoms with E-state index in [0.717, 1.165) is 25.2 Å². The van der Waals surface area contributed by atoms with E-state index in [1.54, 1.807) is 13.1 Å². The van der Waals surface area contributed by atoms with Gasteiger partial charge in [0.25, 0.3) is 0 Å². The second kappa shape index (κ2) is 5.25. The van der Waals surface area contributed by atoms with E-state index in [4.69, 9.17) is 23.2 Å². The first-order valence-corrected chi connectivity index (χ1v) is 6.23. The van der Waals surface area contributed by atoms with Gasteiger partial charge in [-0.2, -0.15) is 0 Å². The second-order valence-electron chi connectivity index (χ2n) is 4.24. The number of benzene rings is 1. The number of hydrogen-bond acceptors (Lipinski definition) is 2. The van der Waals surface area contributed by atoms with Crippen molar-refractivity contribution in [1.82, 2.24) is 10.2 Å². The summed E-state index contributed by atoms with van der Waals surface area (Å²) < 4.78 is 0. The number of amides is 1. The molecule has 0 aliphatic carbocycles. The molecule has 0 bridgehead atoms. The quantitative estimate of drug-likeness (QED) is 0.915. The van der Waals surface area contributed by atoms with Gasteiger partial charge in [0.05, 0.1) is 5.92 Å². The van der Waals surface area contributed by atoms with E-state index in [-0.39, 0.29) is 11.8 Å². The van der Waals surface area contributed by atoms with Gasteiger partial charge in [-0.1, -0.05) is 29.3 Å². The van der Waals surface area contributed by atoms with Crippen molar-refractivity contribution in [2.24, 2.45) is 5.92 Å². The molecule has 1 heterocycles. The van der Waals surface area contributed by atoms with Crippen molar-refractivity contribution < 1.29 is 4.79 Å². The van der Waals surface area contributed by atoms with Gasteiger partial charge in [-0.15, -0.1) is 0 Å². The van der Waals surface area contributed by atoms with Crippen LogP contribution in [0.5, 0.6) is 0 Å². The molecule has 1 N–H and O–H groups in total. The lowest BCUT2D eigenvalue weighted by atomic mass is 9.98. The van der Waals surface area contributed by atoms with Gasteiger partial charge in [-0.25, -0.2) is 0 Å². The fourth-order valence-electron chi connectivity index (χ4n) is 1.96. The van der Waals surface area contributed by atoms with Crippen LogP contribution in [0.4, 0.5) is 0 Å². The maximum absolute atomic E-state index is 11.3. The lowest BCUT2D eigenvalue weighted by Gasteiger charge is -2.38. The third-order valence-electron chi connectivity index (χ3n) is 2.98. The van der Waals surface area contributed by atoms with Crippen molar-refractivity contribution in [3.63, 3.8) is 0 Å². The Balaban J connectivity index is 1.90. The lowest BCUT2D eigenvalue weighted by Crippen LogP contribution is -2.52. The summed E-state index contributed by atoms with van der Waals surface area (Å²) in [5.41, 5.74) is 1.05. The van der Waals surface area contributed by atoms with E-state index in [2.05, 4.69) is 10.2 Å². The van der Waals surface area contributed by atoms with Crippen molar-refractivity contribution in [2.75, 3.05) is 20.1 Å². The van der Waals surface area contributed by atoms with Gasteiger partial charge in [-0.05, 0) is 17.7 Å². The molecule has 0 aromatic heterocycles. The minimum Gasteiger partial charge on any atom is -0.359 e. The molecule has 3 nitrogen and oxygen atoms in total. The van der Waals surface area contributed by atoms with Crippen LogP contribution in [-0.2, 0) is 11.3 Å². The second-order valence-corrected chi connectivity index (χ2v) is 5.08. The molecule has 1 aliphatic rings. The average molecular weight is 273 g/mol. The molecule has 1 aliphatic heterocycles. The highest BCUT2D eigenvalue weighted by molar-refractivity contribution is 6.35. The summed E-state index contributed by atoms with van der Waals surface area (Å²) in [5, 5.41) is 3.99. The molecule has 1 amide bonds. The number of halogens is 2. The van der Waals surface area contributed by atoms with Gasteiger partial charge in [0.15, 0.2) is 0 Å². The molecule has 0 atom stereocenters. The number of rotatable bonds is 3. The van der Waals surface area contributed by atoms with E-state index in [1.165, 1.54) is 0 Å². The Morgan fingerprint density at radius 1 is 1.47 bits per heavy atom. The Kier molecular flexibility index (Phi) is 3.92. The molecule has 0 spiro atoms. The molecule has 2 rings (SSSR count). The van der Waals surface area contributed by atoms with Crippen LogP contribution < -0.4 is 5.32 Å². The third-order valence-corrected chi connectivity index (χ3v) is 3.57. The molecule has 17 heavy (non-hydrogen) atoms. The number of nitrogens with one attached hydrogen (secondary N) is 1. The number of likely N-dealkylation sites (tertiary alicyclic amines) is 1. The number of carbonyl (C=O) groups excluding carboxylic acids is 1. The van der Waals surface area contributed by atoms with Crippen molar-refractivity contribution in [1.29, 1.82) is 0 Å². The highest BCUT2D eigenvalue weighted by atomic mass is 35.5. The van der Waals surface area contributed by atoms with Gasteiger partial charge in [0.2, 0.25) is 5.91 Å². The highest BCUT2D eigenvalue weighted by Crippen LogP contribution is 2.25. The average Bonchev–Trinajstić information content (AvgIpc) is 2.24. The Morgan fingerprint density at radius 3 is 2.76 bits per heavy atom. The van der Waals surface area contributed by atoms with E-state index < -0.39 is 0 Å². The fourth-order valence-corrected chi connectivity index (χ4v) is 2.43. The van der Waals surface area contributed by atoms with Crippen molar-refractivity contribution in [3.8, 4) is 0 Å². The number of carbonyl (C=O) groups is 1. The highest BCUT2D eigenvalue weighted by Gasteiger charge is 2.31. The maximum Gasteiger partial charge on any atom is 0.225 e. The predicted octanol–water partition coefficient (Wildman–Crippen LogP) is 2.17. The van der Waals surface area contributed by atoms with E-state index in [0.29, 0.717) is 10.0 Å². The van der Waals surface area contributed by atoms with E-state index >= 15 is 0 Å². The summed E-state index contributed by atoms with van der Waals surface area (Å²) in [6, 6.07) is 5.51. The zero-order valence-electron chi connectivity index (χ0n) is 9.54. The van der Waals surface area contributed by atoms with Crippen LogP contribution in [0.15, 0.2) is 18.2 Å². The van der Waals surface area contributed by atoms with Crippen LogP contribution in [0.2, 0.25) is 10.0 Å². The van der Waals surface area contributed by atoms with Gasteiger partial charge in [-0.3, -0.25) is 9.69 Å². The Bertz CT molecular complexity index is 431. The maximum atomic E-state index is 11.3.